The Morgan fingerprint density at radius 1 is 0.692 bits per heavy atom. The Morgan fingerprint density at radius 2 is 1.35 bits per heavy atom. The molecule has 0 saturated carbocycles. The maximum Gasteiger partial charge on any atom is 0.143 e. The van der Waals surface area contributed by atoms with Gasteiger partial charge in [-0.2, -0.15) is 0 Å². The number of hydrogen-bond acceptors (Lipinski definition) is 3. The first-order valence-corrected chi connectivity index (χ1v) is 10.2. The number of piperidine rings is 2. The van der Waals surface area contributed by atoms with Crippen LogP contribution in [0.25, 0.3) is 0 Å². The first kappa shape index (κ1) is 17.3. The van der Waals surface area contributed by atoms with Crippen LogP contribution in [0, 0.1) is 0 Å². The summed E-state index contributed by atoms with van der Waals surface area (Å²) >= 11 is 0. The molecule has 0 aromatic heterocycles. The molecular formula is C23H30N2O. The van der Waals surface area contributed by atoms with E-state index in [1.165, 1.54) is 68.6 Å². The molecule has 0 aliphatic carbocycles. The third kappa shape index (κ3) is 4.14. The van der Waals surface area contributed by atoms with Crippen LogP contribution in [0.3, 0.4) is 0 Å². The molecule has 0 bridgehead atoms. The molecule has 4 rings (SSSR count). The van der Waals surface area contributed by atoms with Gasteiger partial charge in [0, 0.05) is 31.9 Å². The highest BCUT2D eigenvalue weighted by Gasteiger charge is 2.19. The van der Waals surface area contributed by atoms with Crippen molar-refractivity contribution in [3.63, 3.8) is 0 Å². The second-order valence-corrected chi connectivity index (χ2v) is 7.52. The van der Waals surface area contributed by atoms with Crippen molar-refractivity contribution in [2.75, 3.05) is 36.0 Å². The number of anilines is 2. The second kappa shape index (κ2) is 8.48. The summed E-state index contributed by atoms with van der Waals surface area (Å²) in [4.78, 5) is 5.06. The molecule has 2 aromatic rings. The molecule has 2 aromatic carbocycles. The standard InChI is InChI=1S/C23H30N2O/c1-4-10-20(11-5-1)19-26-23-13-12-21(24-14-6-2-7-15-24)18-22(23)25-16-8-3-9-17-25/h1,4-5,10-13,18H,2-3,6-9,14-17,19H2. The predicted octanol–water partition coefficient (Wildman–Crippen LogP) is 5.25. The summed E-state index contributed by atoms with van der Waals surface area (Å²) in [6.07, 6.45) is 7.91. The molecule has 0 radical (unpaired) electrons. The zero-order chi connectivity index (χ0) is 17.6. The molecule has 2 heterocycles. The lowest BCUT2D eigenvalue weighted by Crippen LogP contribution is -2.31. The van der Waals surface area contributed by atoms with Crippen LogP contribution in [-0.4, -0.2) is 26.2 Å². The molecule has 0 N–H and O–H groups in total. The van der Waals surface area contributed by atoms with Crippen molar-refractivity contribution in [2.45, 2.75) is 45.1 Å². The average Bonchev–Trinajstić information content (AvgIpc) is 2.74. The van der Waals surface area contributed by atoms with Gasteiger partial charge in [-0.3, -0.25) is 0 Å². The minimum absolute atomic E-state index is 0.630. The Kier molecular flexibility index (Phi) is 5.63. The maximum absolute atomic E-state index is 6.26. The summed E-state index contributed by atoms with van der Waals surface area (Å²) in [5.41, 5.74) is 3.86. The molecule has 0 unspecified atom stereocenters. The molecule has 0 atom stereocenters. The van der Waals surface area contributed by atoms with Crippen LogP contribution < -0.4 is 14.5 Å². The van der Waals surface area contributed by atoms with E-state index < -0.39 is 0 Å². The predicted molar refractivity (Wildman–Crippen MR) is 109 cm³/mol. The lowest BCUT2D eigenvalue weighted by Gasteiger charge is -2.33. The highest BCUT2D eigenvalue weighted by atomic mass is 16.5. The van der Waals surface area contributed by atoms with Crippen molar-refractivity contribution in [1.82, 2.24) is 0 Å². The molecule has 2 saturated heterocycles. The Morgan fingerprint density at radius 3 is 2.04 bits per heavy atom. The number of ether oxygens (including phenoxy) is 1. The Hall–Kier alpha value is -2.16. The molecule has 138 valence electrons. The lowest BCUT2D eigenvalue weighted by molar-refractivity contribution is 0.306. The van der Waals surface area contributed by atoms with Crippen molar-refractivity contribution in [1.29, 1.82) is 0 Å². The van der Waals surface area contributed by atoms with Crippen LogP contribution in [0.4, 0.5) is 11.4 Å². The number of rotatable bonds is 5. The molecule has 2 aliphatic rings. The van der Waals surface area contributed by atoms with Crippen molar-refractivity contribution in [2.24, 2.45) is 0 Å². The van der Waals surface area contributed by atoms with Gasteiger partial charge in [-0.25, -0.2) is 0 Å². The fourth-order valence-corrected chi connectivity index (χ4v) is 4.09. The first-order chi connectivity index (χ1) is 12.9. The fourth-order valence-electron chi connectivity index (χ4n) is 4.09. The first-order valence-electron chi connectivity index (χ1n) is 10.2. The summed E-state index contributed by atoms with van der Waals surface area (Å²) in [7, 11) is 0. The summed E-state index contributed by atoms with van der Waals surface area (Å²) in [6.45, 7) is 5.29. The molecular weight excluding hydrogens is 320 g/mol. The van der Waals surface area contributed by atoms with E-state index in [9.17, 15) is 0 Å². The van der Waals surface area contributed by atoms with E-state index in [0.717, 1.165) is 18.8 Å². The van der Waals surface area contributed by atoms with Gasteiger partial charge in [0.1, 0.15) is 12.4 Å². The highest BCUT2D eigenvalue weighted by Crippen LogP contribution is 2.35. The second-order valence-electron chi connectivity index (χ2n) is 7.52. The number of hydrogen-bond donors (Lipinski definition) is 0. The van der Waals surface area contributed by atoms with Gasteiger partial charge in [0.2, 0.25) is 0 Å². The molecule has 0 spiro atoms. The molecule has 3 heteroatoms. The van der Waals surface area contributed by atoms with Gasteiger partial charge in [0.25, 0.3) is 0 Å². The number of nitrogens with zero attached hydrogens (tertiary/aromatic N) is 2. The van der Waals surface area contributed by atoms with Gasteiger partial charge >= 0.3 is 0 Å². The Bertz CT molecular complexity index is 689. The van der Waals surface area contributed by atoms with Gasteiger partial charge in [-0.1, -0.05) is 30.3 Å². The quantitative estimate of drug-likeness (QED) is 0.733. The summed E-state index contributed by atoms with van der Waals surface area (Å²) in [6, 6.07) is 17.3. The van der Waals surface area contributed by atoms with E-state index in [-0.39, 0.29) is 0 Å². The summed E-state index contributed by atoms with van der Waals surface area (Å²) in [5, 5.41) is 0. The number of benzene rings is 2. The largest absolute Gasteiger partial charge is 0.487 e. The third-order valence-electron chi connectivity index (χ3n) is 5.60. The molecule has 26 heavy (non-hydrogen) atoms. The monoisotopic (exact) mass is 350 g/mol. The minimum atomic E-state index is 0.630. The van der Waals surface area contributed by atoms with Gasteiger partial charge < -0.3 is 14.5 Å². The topological polar surface area (TPSA) is 15.7 Å². The zero-order valence-electron chi connectivity index (χ0n) is 15.7. The highest BCUT2D eigenvalue weighted by molar-refractivity contribution is 5.67. The fraction of sp³-hybridized carbons (Fsp3) is 0.478. The van der Waals surface area contributed by atoms with E-state index in [1.807, 2.05) is 0 Å². The molecule has 0 amide bonds. The van der Waals surface area contributed by atoms with Gasteiger partial charge in [-0.15, -0.1) is 0 Å². The van der Waals surface area contributed by atoms with Crippen LogP contribution in [0.2, 0.25) is 0 Å². The van der Waals surface area contributed by atoms with E-state index in [1.54, 1.807) is 0 Å². The minimum Gasteiger partial charge on any atom is -0.487 e. The average molecular weight is 351 g/mol. The Labute approximate surface area is 157 Å². The van der Waals surface area contributed by atoms with E-state index in [2.05, 4.69) is 58.3 Å². The zero-order valence-corrected chi connectivity index (χ0v) is 15.7. The summed E-state index contributed by atoms with van der Waals surface area (Å²) in [5.74, 6) is 1.02. The van der Waals surface area contributed by atoms with Crippen LogP contribution >= 0.6 is 0 Å². The van der Waals surface area contributed by atoms with Crippen molar-refractivity contribution < 1.29 is 4.74 Å². The van der Waals surface area contributed by atoms with Crippen LogP contribution in [0.5, 0.6) is 5.75 Å². The lowest BCUT2D eigenvalue weighted by atomic mass is 10.1. The molecule has 2 aliphatic heterocycles. The van der Waals surface area contributed by atoms with Crippen LogP contribution in [-0.2, 0) is 6.61 Å². The smallest absolute Gasteiger partial charge is 0.143 e. The summed E-state index contributed by atoms with van der Waals surface area (Å²) < 4.78 is 6.26. The van der Waals surface area contributed by atoms with Crippen molar-refractivity contribution in [3.8, 4) is 5.75 Å². The van der Waals surface area contributed by atoms with Gasteiger partial charge in [-0.05, 0) is 62.3 Å². The van der Waals surface area contributed by atoms with Gasteiger partial charge in [0.15, 0.2) is 0 Å². The third-order valence-corrected chi connectivity index (χ3v) is 5.60. The Balaban J connectivity index is 1.56. The van der Waals surface area contributed by atoms with Crippen LogP contribution in [0.15, 0.2) is 48.5 Å². The van der Waals surface area contributed by atoms with E-state index in [4.69, 9.17) is 4.74 Å². The SMILES string of the molecule is c1ccc(COc2ccc(N3CCCCC3)cc2N2CCCCC2)cc1. The van der Waals surface area contributed by atoms with Crippen molar-refractivity contribution in [3.05, 3.63) is 54.1 Å². The maximum atomic E-state index is 6.26. The van der Waals surface area contributed by atoms with E-state index >= 15 is 0 Å². The van der Waals surface area contributed by atoms with Gasteiger partial charge in [0.05, 0.1) is 5.69 Å². The molecule has 2 fully saturated rings. The van der Waals surface area contributed by atoms with E-state index in [0.29, 0.717) is 6.61 Å². The normalized spacial score (nSPS) is 18.0. The van der Waals surface area contributed by atoms with Crippen LogP contribution in [0.1, 0.15) is 44.1 Å². The molecule has 3 nitrogen and oxygen atoms in total. The van der Waals surface area contributed by atoms with Crippen molar-refractivity contribution >= 4 is 11.4 Å².